The highest BCUT2D eigenvalue weighted by Gasteiger charge is 2.11. The number of aromatic nitrogens is 1. The van der Waals surface area contributed by atoms with Gasteiger partial charge in [0.25, 0.3) is 0 Å². The van der Waals surface area contributed by atoms with Crippen molar-refractivity contribution in [3.8, 4) is 11.5 Å². The number of anilines is 1. The summed E-state index contributed by atoms with van der Waals surface area (Å²) in [5.74, 6) is 1.05. The molecule has 1 aromatic heterocycles. The maximum atomic E-state index is 12.4. The summed E-state index contributed by atoms with van der Waals surface area (Å²) < 4.78 is 12.3. The topological polar surface area (TPSA) is 52.5 Å². The summed E-state index contributed by atoms with van der Waals surface area (Å²) in [7, 11) is 3.13. The number of carbonyl (C=O) groups excluding carboxylic acids is 1. The zero-order valence-electron chi connectivity index (χ0n) is 13.4. The molecule has 0 saturated heterocycles. The lowest BCUT2D eigenvalue weighted by Crippen LogP contribution is -2.18. The van der Waals surface area contributed by atoms with Crippen LogP contribution in [-0.2, 0) is 11.3 Å². The number of nitrogens with one attached hydrogen (secondary N) is 1. The molecule has 0 aliphatic carbocycles. The lowest BCUT2D eigenvalue weighted by molar-refractivity contribution is -0.116. The van der Waals surface area contributed by atoms with E-state index in [0.717, 1.165) is 10.9 Å². The van der Waals surface area contributed by atoms with Crippen molar-refractivity contribution in [3.63, 3.8) is 0 Å². The van der Waals surface area contributed by atoms with Crippen molar-refractivity contribution in [2.75, 3.05) is 19.5 Å². The fourth-order valence-corrected chi connectivity index (χ4v) is 2.72. The molecule has 0 aliphatic rings. The monoisotopic (exact) mass is 344 g/mol. The first-order valence-electron chi connectivity index (χ1n) is 7.37. The number of ether oxygens (including phenoxy) is 2. The summed E-state index contributed by atoms with van der Waals surface area (Å²) in [6, 6.07) is 12.8. The lowest BCUT2D eigenvalue weighted by Gasteiger charge is -2.12. The van der Waals surface area contributed by atoms with E-state index in [-0.39, 0.29) is 12.5 Å². The van der Waals surface area contributed by atoms with Crippen LogP contribution in [0.3, 0.4) is 0 Å². The summed E-state index contributed by atoms with van der Waals surface area (Å²) >= 11 is 6.04. The largest absolute Gasteiger partial charge is 0.497 e. The number of rotatable bonds is 5. The van der Waals surface area contributed by atoms with Crippen LogP contribution in [0.15, 0.2) is 48.7 Å². The first kappa shape index (κ1) is 16.2. The highest BCUT2D eigenvalue weighted by atomic mass is 35.5. The van der Waals surface area contributed by atoms with Crippen LogP contribution in [0.5, 0.6) is 11.5 Å². The summed E-state index contributed by atoms with van der Waals surface area (Å²) in [5.41, 5.74) is 1.48. The minimum Gasteiger partial charge on any atom is -0.497 e. The van der Waals surface area contributed by atoms with Crippen molar-refractivity contribution in [2.45, 2.75) is 6.54 Å². The van der Waals surface area contributed by atoms with Crippen LogP contribution in [0.1, 0.15) is 0 Å². The molecule has 1 heterocycles. The standard InChI is InChI=1S/C18H17ClN2O3/c1-23-14-5-6-17(24-2)15(10-14)20-18(22)11-21-8-7-12-3-4-13(19)9-16(12)21/h3-10H,11H2,1-2H3,(H,20,22). The molecule has 1 amide bonds. The molecule has 0 bridgehead atoms. The van der Waals surface area contributed by atoms with Crippen molar-refractivity contribution in [3.05, 3.63) is 53.7 Å². The predicted octanol–water partition coefficient (Wildman–Crippen LogP) is 3.95. The summed E-state index contributed by atoms with van der Waals surface area (Å²) in [6.45, 7) is 0.171. The molecule has 24 heavy (non-hydrogen) atoms. The molecule has 5 nitrogen and oxygen atoms in total. The minimum atomic E-state index is -0.168. The molecule has 2 aromatic carbocycles. The smallest absolute Gasteiger partial charge is 0.244 e. The second kappa shape index (κ2) is 6.84. The average molecular weight is 345 g/mol. The van der Waals surface area contributed by atoms with E-state index < -0.39 is 0 Å². The summed E-state index contributed by atoms with van der Waals surface area (Å²) in [5, 5.41) is 4.53. The quantitative estimate of drug-likeness (QED) is 0.762. The molecule has 0 saturated carbocycles. The molecule has 3 aromatic rings. The van der Waals surface area contributed by atoms with Gasteiger partial charge in [-0.15, -0.1) is 0 Å². The molecule has 3 rings (SSSR count). The average Bonchev–Trinajstić information content (AvgIpc) is 2.96. The van der Waals surface area contributed by atoms with E-state index in [4.69, 9.17) is 21.1 Å². The van der Waals surface area contributed by atoms with Gasteiger partial charge in [0.15, 0.2) is 0 Å². The lowest BCUT2D eigenvalue weighted by atomic mass is 10.2. The highest BCUT2D eigenvalue weighted by Crippen LogP contribution is 2.29. The number of halogens is 1. The maximum Gasteiger partial charge on any atom is 0.244 e. The second-order valence-electron chi connectivity index (χ2n) is 5.26. The number of nitrogens with zero attached hydrogens (tertiary/aromatic N) is 1. The third kappa shape index (κ3) is 3.31. The van der Waals surface area contributed by atoms with E-state index >= 15 is 0 Å². The van der Waals surface area contributed by atoms with Crippen LogP contribution >= 0.6 is 11.6 Å². The molecule has 0 atom stereocenters. The fourth-order valence-electron chi connectivity index (χ4n) is 2.55. The molecule has 6 heteroatoms. The molecular weight excluding hydrogens is 328 g/mol. The Labute approximate surface area is 144 Å². The van der Waals surface area contributed by atoms with Gasteiger partial charge in [-0.3, -0.25) is 4.79 Å². The Morgan fingerprint density at radius 2 is 1.96 bits per heavy atom. The van der Waals surface area contributed by atoms with E-state index in [1.807, 2.05) is 35.0 Å². The van der Waals surface area contributed by atoms with Gasteiger partial charge in [0.1, 0.15) is 18.0 Å². The number of amides is 1. The number of methoxy groups -OCH3 is 2. The van der Waals surface area contributed by atoms with Gasteiger partial charge in [0.05, 0.1) is 19.9 Å². The molecule has 0 radical (unpaired) electrons. The van der Waals surface area contributed by atoms with Gasteiger partial charge >= 0.3 is 0 Å². The first-order chi connectivity index (χ1) is 11.6. The zero-order valence-corrected chi connectivity index (χ0v) is 14.1. The van der Waals surface area contributed by atoms with Gasteiger partial charge in [-0.2, -0.15) is 0 Å². The first-order valence-corrected chi connectivity index (χ1v) is 7.75. The molecular formula is C18H17ClN2O3. The van der Waals surface area contributed by atoms with Crippen LogP contribution in [0.25, 0.3) is 10.9 Å². The molecule has 0 fully saturated rings. The fraction of sp³-hybridized carbons (Fsp3) is 0.167. The van der Waals surface area contributed by atoms with Crippen LogP contribution in [0.2, 0.25) is 5.02 Å². The van der Waals surface area contributed by atoms with Gasteiger partial charge in [-0.05, 0) is 35.7 Å². The molecule has 0 unspecified atom stereocenters. The summed E-state index contributed by atoms with van der Waals surface area (Å²) in [6.07, 6.45) is 1.86. The van der Waals surface area contributed by atoms with Crippen LogP contribution in [0.4, 0.5) is 5.69 Å². The van der Waals surface area contributed by atoms with E-state index in [2.05, 4.69) is 5.32 Å². The Balaban J connectivity index is 1.81. The van der Waals surface area contributed by atoms with Crippen LogP contribution in [-0.4, -0.2) is 24.7 Å². The third-order valence-corrected chi connectivity index (χ3v) is 3.97. The Morgan fingerprint density at radius 3 is 2.71 bits per heavy atom. The SMILES string of the molecule is COc1ccc(OC)c(NC(=O)Cn2ccc3ccc(Cl)cc32)c1. The van der Waals surface area contributed by atoms with Gasteiger partial charge in [-0.25, -0.2) is 0 Å². The van der Waals surface area contributed by atoms with Crippen molar-refractivity contribution < 1.29 is 14.3 Å². The van der Waals surface area contributed by atoms with Gasteiger partial charge < -0.3 is 19.4 Å². The van der Waals surface area contributed by atoms with Crippen LogP contribution in [0, 0.1) is 0 Å². The van der Waals surface area contributed by atoms with Gasteiger partial charge in [0, 0.05) is 22.8 Å². The molecule has 124 valence electrons. The van der Waals surface area contributed by atoms with Crippen LogP contribution < -0.4 is 14.8 Å². The van der Waals surface area contributed by atoms with E-state index in [0.29, 0.717) is 22.2 Å². The molecule has 0 spiro atoms. The van der Waals surface area contributed by atoms with Crippen molar-refractivity contribution in [2.24, 2.45) is 0 Å². The predicted molar refractivity (Wildman–Crippen MR) is 95.1 cm³/mol. The Hall–Kier alpha value is -2.66. The molecule has 0 aliphatic heterocycles. The summed E-state index contributed by atoms with van der Waals surface area (Å²) in [4.78, 5) is 12.4. The van der Waals surface area contributed by atoms with E-state index in [1.54, 1.807) is 32.4 Å². The Kier molecular flexibility index (Phi) is 4.62. The van der Waals surface area contributed by atoms with Crippen molar-refractivity contribution in [1.29, 1.82) is 0 Å². The second-order valence-corrected chi connectivity index (χ2v) is 5.70. The maximum absolute atomic E-state index is 12.4. The van der Waals surface area contributed by atoms with Gasteiger partial charge in [-0.1, -0.05) is 17.7 Å². The highest BCUT2D eigenvalue weighted by molar-refractivity contribution is 6.31. The van der Waals surface area contributed by atoms with E-state index in [1.165, 1.54) is 0 Å². The Bertz CT molecular complexity index is 889. The van der Waals surface area contributed by atoms with Crippen molar-refractivity contribution >= 4 is 34.1 Å². The number of carbonyl (C=O) groups is 1. The number of hydrogen-bond acceptors (Lipinski definition) is 3. The molecule has 1 N–H and O–H groups in total. The third-order valence-electron chi connectivity index (χ3n) is 3.73. The normalized spacial score (nSPS) is 10.6. The Morgan fingerprint density at radius 1 is 1.12 bits per heavy atom. The zero-order chi connectivity index (χ0) is 17.1. The minimum absolute atomic E-state index is 0.168. The number of benzene rings is 2. The number of hydrogen-bond donors (Lipinski definition) is 1. The van der Waals surface area contributed by atoms with Gasteiger partial charge in [0.2, 0.25) is 5.91 Å². The number of fused-ring (bicyclic) bond motifs is 1. The van der Waals surface area contributed by atoms with Crippen molar-refractivity contribution in [1.82, 2.24) is 4.57 Å². The van der Waals surface area contributed by atoms with E-state index in [9.17, 15) is 4.79 Å².